The van der Waals surface area contributed by atoms with Crippen molar-refractivity contribution >= 4 is 34.3 Å². The first-order valence-corrected chi connectivity index (χ1v) is 14.9. The van der Waals surface area contributed by atoms with Crippen LogP contribution in [0.5, 0.6) is 5.75 Å². The Morgan fingerprint density at radius 3 is 2.38 bits per heavy atom. The Morgan fingerprint density at radius 2 is 1.64 bits per heavy atom. The highest BCUT2D eigenvalue weighted by atomic mass is 35.5. The van der Waals surface area contributed by atoms with Crippen molar-refractivity contribution in [2.75, 3.05) is 62.0 Å². The molecule has 4 heterocycles. The Morgan fingerprint density at radius 1 is 0.897 bits per heavy atom. The number of morpholine rings is 1. The molecule has 0 atom stereocenters. The molecule has 0 amide bonds. The summed E-state index contributed by atoms with van der Waals surface area (Å²) in [5.41, 5.74) is 4.07. The van der Waals surface area contributed by atoms with Crippen molar-refractivity contribution in [1.29, 1.82) is 0 Å². The molecule has 2 aromatic heterocycles. The first kappa shape index (κ1) is 26.5. The highest BCUT2D eigenvalue weighted by molar-refractivity contribution is 6.18. The number of hydrogen-bond acceptors (Lipinski definition) is 9. The molecular formula is C29H38ClN7O2. The van der Waals surface area contributed by atoms with E-state index in [0.29, 0.717) is 17.8 Å². The summed E-state index contributed by atoms with van der Waals surface area (Å²) < 4.78 is 12.1. The third-order valence-corrected chi connectivity index (χ3v) is 8.50. The zero-order chi connectivity index (χ0) is 26.4. The number of hydrogen-bond donors (Lipinski definition) is 1. The lowest BCUT2D eigenvalue weighted by atomic mass is 9.91. The lowest BCUT2D eigenvalue weighted by molar-refractivity contribution is 0.122. The van der Waals surface area contributed by atoms with E-state index in [1.807, 2.05) is 12.4 Å². The first-order valence-electron chi connectivity index (χ1n) is 14.4. The van der Waals surface area contributed by atoms with Crippen LogP contribution in [0, 0.1) is 0 Å². The summed E-state index contributed by atoms with van der Waals surface area (Å²) in [6.07, 6.45) is 13.9. The van der Waals surface area contributed by atoms with Crippen molar-refractivity contribution in [2.45, 2.75) is 56.6 Å². The van der Waals surface area contributed by atoms with Gasteiger partial charge in [-0.15, -0.1) is 11.6 Å². The van der Waals surface area contributed by atoms with E-state index in [2.05, 4.69) is 47.2 Å². The third-order valence-electron chi connectivity index (χ3n) is 8.33. The molecule has 1 aliphatic carbocycles. The largest absolute Gasteiger partial charge is 0.488 e. The number of fused-ring (bicyclic) bond motifs is 1. The third kappa shape index (κ3) is 6.53. The average Bonchev–Trinajstić information content (AvgIpc) is 2.99. The van der Waals surface area contributed by atoms with Crippen LogP contribution in [-0.4, -0.2) is 88.8 Å². The van der Waals surface area contributed by atoms with E-state index in [0.717, 1.165) is 113 Å². The molecule has 3 aromatic rings. The predicted molar refractivity (Wildman–Crippen MR) is 154 cm³/mol. The van der Waals surface area contributed by atoms with Gasteiger partial charge in [0.15, 0.2) is 0 Å². The molecule has 6 rings (SSSR count). The van der Waals surface area contributed by atoms with Crippen molar-refractivity contribution in [2.24, 2.45) is 0 Å². The molecule has 208 valence electrons. The summed E-state index contributed by atoms with van der Waals surface area (Å²) in [6, 6.07) is 4.59. The molecule has 9 nitrogen and oxygen atoms in total. The van der Waals surface area contributed by atoms with E-state index in [4.69, 9.17) is 21.1 Å². The van der Waals surface area contributed by atoms with Gasteiger partial charge in [0.05, 0.1) is 24.8 Å². The molecule has 10 heteroatoms. The van der Waals surface area contributed by atoms with E-state index in [-0.39, 0.29) is 6.10 Å². The fourth-order valence-electron chi connectivity index (χ4n) is 6.04. The molecule has 0 spiro atoms. The Bertz CT molecular complexity index is 1210. The van der Waals surface area contributed by atoms with Gasteiger partial charge >= 0.3 is 0 Å². The van der Waals surface area contributed by atoms with Gasteiger partial charge in [-0.3, -0.25) is 4.98 Å². The molecule has 0 bridgehead atoms. The second-order valence-corrected chi connectivity index (χ2v) is 11.2. The van der Waals surface area contributed by atoms with E-state index in [1.54, 1.807) is 12.4 Å². The van der Waals surface area contributed by atoms with Gasteiger partial charge < -0.3 is 24.6 Å². The van der Waals surface area contributed by atoms with Gasteiger partial charge in [0, 0.05) is 68.1 Å². The quantitative estimate of drug-likeness (QED) is 0.407. The predicted octanol–water partition coefficient (Wildman–Crippen LogP) is 4.48. The van der Waals surface area contributed by atoms with Crippen LogP contribution >= 0.6 is 11.6 Å². The molecule has 2 saturated heterocycles. The summed E-state index contributed by atoms with van der Waals surface area (Å²) in [6.45, 7) is 6.41. The molecule has 1 saturated carbocycles. The fraction of sp³-hybridized carbons (Fsp3) is 0.586. The Hall–Kier alpha value is -2.75. The molecular weight excluding hydrogens is 514 g/mol. The summed E-state index contributed by atoms with van der Waals surface area (Å²) >= 11 is 5.90. The molecule has 3 fully saturated rings. The van der Waals surface area contributed by atoms with Crippen LogP contribution < -0.4 is 15.0 Å². The zero-order valence-electron chi connectivity index (χ0n) is 22.5. The molecule has 0 unspecified atom stereocenters. The summed E-state index contributed by atoms with van der Waals surface area (Å²) in [5.74, 6) is 2.80. The van der Waals surface area contributed by atoms with Crippen molar-refractivity contribution in [3.05, 3.63) is 42.5 Å². The molecule has 0 radical (unpaired) electrons. The Balaban J connectivity index is 1.03. The maximum absolute atomic E-state index is 6.57. The van der Waals surface area contributed by atoms with Crippen molar-refractivity contribution in [3.8, 4) is 5.75 Å². The number of rotatable bonds is 8. The van der Waals surface area contributed by atoms with Crippen molar-refractivity contribution in [1.82, 2.24) is 24.8 Å². The summed E-state index contributed by atoms with van der Waals surface area (Å²) in [5, 5.41) is 3.56. The van der Waals surface area contributed by atoms with Gasteiger partial charge in [-0.1, -0.05) is 0 Å². The standard InChI is InChI=1S/C29H38ClN7O2/c30-7-12-36-10-5-21(6-11-36)22-19-33-29(34-20-22)35-23-1-3-25(4-2-23)39-27-18-24(37-13-15-38-16-14-37)17-26-28(27)32-9-8-31-26/h8-9,17-21,23,25H,1-7,10-16H2,(H,33,34,35). The smallest absolute Gasteiger partial charge is 0.222 e. The first-order chi connectivity index (χ1) is 19.2. The van der Waals surface area contributed by atoms with E-state index < -0.39 is 0 Å². The summed E-state index contributed by atoms with van der Waals surface area (Å²) in [4.78, 5) is 23.3. The minimum absolute atomic E-state index is 0.154. The zero-order valence-corrected chi connectivity index (χ0v) is 23.2. The second kappa shape index (κ2) is 12.6. The van der Waals surface area contributed by atoms with Gasteiger partial charge in [0.1, 0.15) is 11.3 Å². The van der Waals surface area contributed by atoms with Crippen LogP contribution in [-0.2, 0) is 4.74 Å². The summed E-state index contributed by atoms with van der Waals surface area (Å²) in [7, 11) is 0. The van der Waals surface area contributed by atoms with Gasteiger partial charge in [-0.05, 0) is 69.2 Å². The fourth-order valence-corrected chi connectivity index (χ4v) is 6.28. The van der Waals surface area contributed by atoms with Gasteiger partial charge in [0.2, 0.25) is 5.95 Å². The number of likely N-dealkylation sites (tertiary alicyclic amines) is 1. The van der Waals surface area contributed by atoms with E-state index in [9.17, 15) is 0 Å². The lowest BCUT2D eigenvalue weighted by Crippen LogP contribution is -2.36. The molecule has 1 N–H and O–H groups in total. The molecule has 2 aliphatic heterocycles. The number of anilines is 2. The second-order valence-electron chi connectivity index (χ2n) is 10.8. The Kier molecular flexibility index (Phi) is 8.56. The van der Waals surface area contributed by atoms with E-state index >= 15 is 0 Å². The maximum Gasteiger partial charge on any atom is 0.222 e. The van der Waals surface area contributed by atoms with Crippen LogP contribution in [0.3, 0.4) is 0 Å². The van der Waals surface area contributed by atoms with Crippen molar-refractivity contribution in [3.63, 3.8) is 0 Å². The SMILES string of the molecule is ClCCN1CCC(c2cnc(NC3CCC(Oc4cc(N5CCOCC5)cc5nccnc45)CC3)nc2)CC1. The Labute approximate surface area is 235 Å². The minimum Gasteiger partial charge on any atom is -0.488 e. The monoisotopic (exact) mass is 551 g/mol. The van der Waals surface area contributed by atoms with Gasteiger partial charge in [-0.2, -0.15) is 0 Å². The number of nitrogens with zero attached hydrogens (tertiary/aromatic N) is 6. The number of benzene rings is 1. The van der Waals surface area contributed by atoms with Crippen molar-refractivity contribution < 1.29 is 9.47 Å². The highest BCUT2D eigenvalue weighted by Crippen LogP contribution is 2.33. The average molecular weight is 552 g/mol. The number of nitrogens with one attached hydrogen (secondary N) is 1. The van der Waals surface area contributed by atoms with Crippen LogP contribution in [0.25, 0.3) is 11.0 Å². The minimum atomic E-state index is 0.154. The number of halogens is 1. The van der Waals surface area contributed by atoms with Crippen LogP contribution in [0.15, 0.2) is 36.9 Å². The number of ether oxygens (including phenoxy) is 2. The van der Waals surface area contributed by atoms with E-state index in [1.165, 1.54) is 5.56 Å². The highest BCUT2D eigenvalue weighted by Gasteiger charge is 2.25. The van der Waals surface area contributed by atoms with Crippen LogP contribution in [0.2, 0.25) is 0 Å². The lowest BCUT2D eigenvalue weighted by Gasteiger charge is -2.32. The van der Waals surface area contributed by atoms with Gasteiger partial charge in [0.25, 0.3) is 0 Å². The maximum atomic E-state index is 6.57. The van der Waals surface area contributed by atoms with Crippen LogP contribution in [0.4, 0.5) is 11.6 Å². The number of alkyl halides is 1. The molecule has 1 aromatic carbocycles. The van der Waals surface area contributed by atoms with Gasteiger partial charge in [-0.25, -0.2) is 15.0 Å². The number of piperidine rings is 1. The normalized spacial score (nSPS) is 23.2. The van der Waals surface area contributed by atoms with Crippen LogP contribution in [0.1, 0.15) is 50.0 Å². The molecule has 3 aliphatic rings. The number of aromatic nitrogens is 4. The molecule has 39 heavy (non-hydrogen) atoms. The topological polar surface area (TPSA) is 88.5 Å².